The smallest absolute Gasteiger partial charge is 0.144 e. The number of hydrogen-bond acceptors (Lipinski definition) is 2. The van der Waals surface area contributed by atoms with Crippen LogP contribution in [0.2, 0.25) is 0 Å². The summed E-state index contributed by atoms with van der Waals surface area (Å²) in [5.74, 6) is 0.183. The Bertz CT molecular complexity index is 373. The summed E-state index contributed by atoms with van der Waals surface area (Å²) in [7, 11) is 1.77. The molecule has 4 nitrogen and oxygen atoms in total. The molecule has 0 amide bonds. The van der Waals surface area contributed by atoms with Crippen LogP contribution in [0.4, 0.5) is 10.1 Å². The lowest BCUT2D eigenvalue weighted by atomic mass is 10.3. The number of amidine groups is 1. The summed E-state index contributed by atoms with van der Waals surface area (Å²) in [5, 5.41) is 2.89. The highest BCUT2D eigenvalue weighted by Crippen LogP contribution is 2.13. The number of nitrogens with zero attached hydrogens (tertiary/aromatic N) is 2. The molecule has 0 radical (unpaired) electrons. The Labute approximate surface area is 87.7 Å². The van der Waals surface area contributed by atoms with Gasteiger partial charge in [0, 0.05) is 0 Å². The fourth-order valence-corrected chi connectivity index (χ4v) is 1.05. The van der Waals surface area contributed by atoms with Gasteiger partial charge in [-0.1, -0.05) is 6.07 Å². The van der Waals surface area contributed by atoms with Gasteiger partial charge in [-0.05, 0) is 25.2 Å². The van der Waals surface area contributed by atoms with Gasteiger partial charge in [0.1, 0.15) is 11.7 Å². The summed E-state index contributed by atoms with van der Waals surface area (Å²) in [5.41, 5.74) is 5.69. The van der Waals surface area contributed by atoms with Crippen molar-refractivity contribution in [1.29, 1.82) is 0 Å². The molecular weight excluding hydrogens is 195 g/mol. The second kappa shape index (κ2) is 5.87. The van der Waals surface area contributed by atoms with Gasteiger partial charge in [0.2, 0.25) is 0 Å². The molecule has 0 fully saturated rings. The van der Waals surface area contributed by atoms with Gasteiger partial charge in [-0.15, -0.1) is 0 Å². The minimum absolute atomic E-state index is 0.322. The van der Waals surface area contributed by atoms with Gasteiger partial charge in [0.15, 0.2) is 0 Å². The Kier molecular flexibility index (Phi) is 4.43. The highest BCUT2D eigenvalue weighted by Gasteiger charge is 1.96. The molecule has 1 aromatic carbocycles. The third kappa shape index (κ3) is 3.86. The van der Waals surface area contributed by atoms with Crippen LogP contribution in [0.5, 0.6) is 0 Å². The van der Waals surface area contributed by atoms with E-state index in [9.17, 15) is 4.39 Å². The number of hydrogen-bond donors (Lipinski definition) is 2. The van der Waals surface area contributed by atoms with Crippen molar-refractivity contribution >= 4 is 17.9 Å². The molecule has 0 atom stereocenters. The number of aliphatic imine (C=N–C) groups is 2. The van der Waals surface area contributed by atoms with Crippen molar-refractivity contribution in [3.8, 4) is 0 Å². The predicted molar refractivity (Wildman–Crippen MR) is 60.1 cm³/mol. The molecule has 15 heavy (non-hydrogen) atoms. The van der Waals surface area contributed by atoms with E-state index in [0.29, 0.717) is 18.1 Å². The first-order valence-electron chi connectivity index (χ1n) is 4.48. The van der Waals surface area contributed by atoms with E-state index in [1.165, 1.54) is 12.1 Å². The summed E-state index contributed by atoms with van der Waals surface area (Å²) in [6.07, 6.45) is 1.16. The minimum Gasteiger partial charge on any atom is -0.390 e. The lowest BCUT2D eigenvalue weighted by Crippen LogP contribution is -2.17. The Hall–Kier alpha value is -1.75. The second-order valence-corrected chi connectivity index (χ2v) is 2.82. The van der Waals surface area contributed by atoms with Crippen molar-refractivity contribution in [2.45, 2.75) is 0 Å². The normalized spacial score (nSPS) is 12.3. The number of nitrogens with two attached hydrogens (primary N) is 1. The number of benzene rings is 1. The van der Waals surface area contributed by atoms with Crippen LogP contribution in [0.1, 0.15) is 0 Å². The predicted octanol–water partition coefficient (Wildman–Crippen LogP) is 1.06. The molecule has 3 N–H and O–H groups in total. The minimum atomic E-state index is -0.322. The molecule has 0 aliphatic heterocycles. The number of rotatable bonds is 3. The van der Waals surface area contributed by atoms with E-state index in [1.54, 1.807) is 19.2 Å². The van der Waals surface area contributed by atoms with Crippen molar-refractivity contribution < 1.29 is 4.39 Å². The van der Waals surface area contributed by atoms with Gasteiger partial charge in [-0.3, -0.25) is 0 Å². The van der Waals surface area contributed by atoms with E-state index in [0.717, 1.165) is 6.34 Å². The quantitative estimate of drug-likeness (QED) is 0.576. The van der Waals surface area contributed by atoms with Gasteiger partial charge in [0.25, 0.3) is 0 Å². The topological polar surface area (TPSA) is 62.8 Å². The maximum Gasteiger partial charge on any atom is 0.144 e. The van der Waals surface area contributed by atoms with E-state index in [1.807, 2.05) is 0 Å². The Morgan fingerprint density at radius 3 is 3.00 bits per heavy atom. The average Bonchev–Trinajstić information content (AvgIpc) is 2.18. The van der Waals surface area contributed by atoms with Crippen molar-refractivity contribution in [1.82, 2.24) is 5.32 Å². The van der Waals surface area contributed by atoms with Crippen molar-refractivity contribution in [2.75, 3.05) is 13.6 Å². The van der Waals surface area contributed by atoms with E-state index in [-0.39, 0.29) is 5.82 Å². The van der Waals surface area contributed by atoms with Crippen LogP contribution in [0.15, 0.2) is 34.3 Å². The van der Waals surface area contributed by atoms with Crippen LogP contribution >= 0.6 is 0 Å². The zero-order chi connectivity index (χ0) is 11.1. The van der Waals surface area contributed by atoms with Crippen LogP contribution in [0.25, 0.3) is 0 Å². The van der Waals surface area contributed by atoms with Gasteiger partial charge in [-0.25, -0.2) is 14.4 Å². The highest BCUT2D eigenvalue weighted by molar-refractivity contribution is 5.92. The largest absolute Gasteiger partial charge is 0.390 e. The molecule has 1 rings (SSSR count). The molecule has 5 heteroatoms. The molecule has 0 aliphatic rings. The molecule has 0 bridgehead atoms. The maximum atomic E-state index is 12.8. The summed E-state index contributed by atoms with van der Waals surface area (Å²) in [6.45, 7) is 0.476. The second-order valence-electron chi connectivity index (χ2n) is 2.82. The first-order valence-corrected chi connectivity index (χ1v) is 4.48. The highest BCUT2D eigenvalue weighted by atomic mass is 19.1. The molecule has 0 saturated heterocycles. The first kappa shape index (κ1) is 11.3. The third-order valence-corrected chi connectivity index (χ3v) is 1.62. The number of halogens is 1. The fraction of sp³-hybridized carbons (Fsp3) is 0.200. The summed E-state index contributed by atoms with van der Waals surface area (Å²) < 4.78 is 12.8. The summed E-state index contributed by atoms with van der Waals surface area (Å²) in [4.78, 5) is 7.99. The van der Waals surface area contributed by atoms with E-state index in [2.05, 4.69) is 15.3 Å². The van der Waals surface area contributed by atoms with Crippen molar-refractivity contribution in [3.05, 3.63) is 30.1 Å². The Morgan fingerprint density at radius 1 is 1.60 bits per heavy atom. The number of nitrogens with one attached hydrogen (secondary N) is 1. The maximum absolute atomic E-state index is 12.8. The molecule has 0 spiro atoms. The van der Waals surface area contributed by atoms with Gasteiger partial charge in [-0.2, -0.15) is 0 Å². The molecule has 0 aliphatic carbocycles. The monoisotopic (exact) mass is 208 g/mol. The van der Waals surface area contributed by atoms with Crippen LogP contribution in [0, 0.1) is 5.82 Å². The van der Waals surface area contributed by atoms with Crippen LogP contribution < -0.4 is 11.1 Å². The fourth-order valence-electron chi connectivity index (χ4n) is 1.05. The molecule has 0 unspecified atom stereocenters. The molecule has 1 aromatic rings. The van der Waals surface area contributed by atoms with Crippen LogP contribution in [-0.4, -0.2) is 25.8 Å². The van der Waals surface area contributed by atoms with Gasteiger partial charge < -0.3 is 11.1 Å². The van der Waals surface area contributed by atoms with Crippen molar-refractivity contribution in [2.24, 2.45) is 15.7 Å². The standard InChI is InChI=1S/C10H13FN4/c1-13-6-10(14-7-12)15-9-4-2-3-8(11)5-9/h2-5,7,13H,6H2,1H3,(H2,12,14,15). The molecule has 0 aromatic heterocycles. The third-order valence-electron chi connectivity index (χ3n) is 1.62. The Morgan fingerprint density at radius 2 is 2.40 bits per heavy atom. The molecule has 80 valence electrons. The van der Waals surface area contributed by atoms with Crippen LogP contribution in [-0.2, 0) is 0 Å². The summed E-state index contributed by atoms with van der Waals surface area (Å²) in [6, 6.07) is 5.99. The van der Waals surface area contributed by atoms with E-state index < -0.39 is 0 Å². The lowest BCUT2D eigenvalue weighted by Gasteiger charge is -1.99. The van der Waals surface area contributed by atoms with Gasteiger partial charge in [0.05, 0.1) is 18.6 Å². The van der Waals surface area contributed by atoms with E-state index >= 15 is 0 Å². The molecule has 0 saturated carbocycles. The molecular formula is C10H13FN4. The van der Waals surface area contributed by atoms with Gasteiger partial charge >= 0.3 is 0 Å². The SMILES string of the molecule is CNCC(N=CN)=Nc1cccc(F)c1. The van der Waals surface area contributed by atoms with Crippen LogP contribution in [0.3, 0.4) is 0 Å². The first-order chi connectivity index (χ1) is 7.26. The lowest BCUT2D eigenvalue weighted by molar-refractivity contribution is 0.628. The zero-order valence-electron chi connectivity index (χ0n) is 8.44. The number of likely N-dealkylation sites (N-methyl/N-ethyl adjacent to an activating group) is 1. The molecule has 0 heterocycles. The van der Waals surface area contributed by atoms with Crippen molar-refractivity contribution in [3.63, 3.8) is 0 Å². The summed E-state index contributed by atoms with van der Waals surface area (Å²) >= 11 is 0. The Balaban J connectivity index is 2.91. The average molecular weight is 208 g/mol. The zero-order valence-corrected chi connectivity index (χ0v) is 8.44. The van der Waals surface area contributed by atoms with E-state index in [4.69, 9.17) is 5.73 Å².